The molecule has 1 aliphatic carbocycles. The molecule has 0 aromatic rings. The van der Waals surface area contributed by atoms with Gasteiger partial charge in [-0.05, 0) is 44.1 Å². The molecule has 1 rings (SSSR count). The summed E-state index contributed by atoms with van der Waals surface area (Å²) in [6.45, 7) is 5.10. The average molecular weight is 270 g/mol. The molecule has 0 heterocycles. The Morgan fingerprint density at radius 3 is 3.06 bits per heavy atom. The SMILES string of the molecule is C[SiH2]OCC[C@@H]1C[C@H]1C/C=C\C#CC(C)OP. The van der Waals surface area contributed by atoms with E-state index < -0.39 is 0 Å². The second-order valence-electron chi connectivity index (χ2n) is 4.45. The first kappa shape index (κ1) is 14.9. The fraction of sp³-hybridized carbons (Fsp3) is 0.692. The van der Waals surface area contributed by atoms with Gasteiger partial charge in [0.25, 0.3) is 0 Å². The average Bonchev–Trinajstić information content (AvgIpc) is 3.07. The first-order valence-corrected chi connectivity index (χ1v) is 8.83. The Kier molecular flexibility index (Phi) is 7.80. The molecule has 0 bridgehead atoms. The molecule has 0 aromatic heterocycles. The van der Waals surface area contributed by atoms with Crippen molar-refractivity contribution in [1.29, 1.82) is 0 Å². The lowest BCUT2D eigenvalue weighted by Gasteiger charge is -1.99. The largest absolute Gasteiger partial charge is 0.424 e. The van der Waals surface area contributed by atoms with Crippen molar-refractivity contribution in [2.75, 3.05) is 6.61 Å². The first-order valence-electron chi connectivity index (χ1n) is 6.37. The maximum atomic E-state index is 5.50. The van der Waals surface area contributed by atoms with Crippen molar-refractivity contribution in [1.82, 2.24) is 0 Å². The standard InChI is InChI=1S/C13H23O2PSi/c1-11(15-16)6-4-3-5-7-12-10-13(12)8-9-14-17-2/h3,5,11-13H,7-10,16-17H2,1-2H3/b5-3-/t11?,12-,13-/m1/s1. The van der Waals surface area contributed by atoms with E-state index >= 15 is 0 Å². The number of hydrogen-bond donors (Lipinski definition) is 0. The van der Waals surface area contributed by atoms with Crippen molar-refractivity contribution in [3.8, 4) is 11.8 Å². The molecule has 17 heavy (non-hydrogen) atoms. The third-order valence-corrected chi connectivity index (χ3v) is 4.14. The van der Waals surface area contributed by atoms with Crippen LogP contribution in [0.25, 0.3) is 0 Å². The van der Waals surface area contributed by atoms with Crippen LogP contribution in [0.4, 0.5) is 0 Å². The van der Waals surface area contributed by atoms with Gasteiger partial charge >= 0.3 is 0 Å². The van der Waals surface area contributed by atoms with Crippen LogP contribution in [0.3, 0.4) is 0 Å². The molecule has 1 saturated carbocycles. The summed E-state index contributed by atoms with van der Waals surface area (Å²) in [5.41, 5.74) is 0. The summed E-state index contributed by atoms with van der Waals surface area (Å²) in [5.74, 6) is 7.77. The van der Waals surface area contributed by atoms with Gasteiger partial charge in [-0.3, -0.25) is 0 Å². The smallest absolute Gasteiger partial charge is 0.158 e. The van der Waals surface area contributed by atoms with E-state index in [0.717, 1.165) is 18.4 Å². The van der Waals surface area contributed by atoms with Crippen LogP contribution in [-0.4, -0.2) is 22.5 Å². The van der Waals surface area contributed by atoms with Gasteiger partial charge < -0.3 is 8.95 Å². The monoisotopic (exact) mass is 270 g/mol. The van der Waals surface area contributed by atoms with Gasteiger partial charge in [-0.15, -0.1) is 0 Å². The second kappa shape index (κ2) is 8.89. The van der Waals surface area contributed by atoms with E-state index in [9.17, 15) is 0 Å². The Morgan fingerprint density at radius 1 is 1.53 bits per heavy atom. The maximum absolute atomic E-state index is 5.50. The lowest BCUT2D eigenvalue weighted by Crippen LogP contribution is -1.97. The van der Waals surface area contributed by atoms with Crippen LogP contribution in [0.2, 0.25) is 6.55 Å². The summed E-state index contributed by atoms with van der Waals surface area (Å²) >= 11 is 0. The van der Waals surface area contributed by atoms with Gasteiger partial charge in [0.1, 0.15) is 6.10 Å². The van der Waals surface area contributed by atoms with E-state index in [4.69, 9.17) is 8.95 Å². The van der Waals surface area contributed by atoms with Crippen molar-refractivity contribution >= 4 is 19.2 Å². The summed E-state index contributed by atoms with van der Waals surface area (Å²) in [7, 11) is 2.03. The van der Waals surface area contributed by atoms with Crippen LogP contribution < -0.4 is 0 Å². The van der Waals surface area contributed by atoms with E-state index in [1.54, 1.807) is 0 Å². The molecular weight excluding hydrogens is 247 g/mol. The Morgan fingerprint density at radius 2 is 2.35 bits per heavy atom. The Bertz CT molecular complexity index is 296. The molecule has 96 valence electrons. The van der Waals surface area contributed by atoms with Crippen LogP contribution in [-0.2, 0) is 8.95 Å². The second-order valence-corrected chi connectivity index (χ2v) is 5.70. The highest BCUT2D eigenvalue weighted by molar-refractivity contribution is 7.09. The number of allylic oxidation sites excluding steroid dienone is 2. The van der Waals surface area contributed by atoms with Crippen molar-refractivity contribution in [2.45, 2.75) is 38.8 Å². The van der Waals surface area contributed by atoms with E-state index in [-0.39, 0.29) is 15.9 Å². The maximum Gasteiger partial charge on any atom is 0.158 e. The van der Waals surface area contributed by atoms with Crippen molar-refractivity contribution in [3.05, 3.63) is 12.2 Å². The molecule has 0 spiro atoms. The van der Waals surface area contributed by atoms with E-state index in [1.165, 1.54) is 19.3 Å². The molecule has 0 aromatic carbocycles. The Balaban J connectivity index is 2.04. The third-order valence-electron chi connectivity index (χ3n) is 3.04. The highest BCUT2D eigenvalue weighted by atomic mass is 31.0. The van der Waals surface area contributed by atoms with Gasteiger partial charge in [-0.2, -0.15) is 0 Å². The molecule has 0 amide bonds. The van der Waals surface area contributed by atoms with Crippen LogP contribution >= 0.6 is 9.47 Å². The van der Waals surface area contributed by atoms with Crippen LogP contribution in [0.15, 0.2) is 12.2 Å². The third kappa shape index (κ3) is 7.01. The first-order chi connectivity index (χ1) is 8.27. The predicted molar refractivity (Wildman–Crippen MR) is 78.4 cm³/mol. The van der Waals surface area contributed by atoms with Gasteiger partial charge in [0, 0.05) is 16.1 Å². The van der Waals surface area contributed by atoms with Crippen molar-refractivity contribution in [2.24, 2.45) is 11.8 Å². The van der Waals surface area contributed by atoms with Crippen LogP contribution in [0.1, 0.15) is 26.2 Å². The Hall–Kier alpha value is -0.133. The quantitative estimate of drug-likeness (QED) is 0.306. The molecule has 4 atom stereocenters. The van der Waals surface area contributed by atoms with Gasteiger partial charge in [-0.25, -0.2) is 0 Å². The lowest BCUT2D eigenvalue weighted by atomic mass is 10.2. The van der Waals surface area contributed by atoms with Gasteiger partial charge in [0.2, 0.25) is 0 Å². The van der Waals surface area contributed by atoms with Crippen molar-refractivity contribution in [3.63, 3.8) is 0 Å². The summed E-state index contributed by atoms with van der Waals surface area (Å²) in [6.07, 6.45) is 7.92. The molecule has 1 aliphatic rings. The zero-order chi connectivity index (χ0) is 12.5. The van der Waals surface area contributed by atoms with Crippen molar-refractivity contribution < 1.29 is 8.95 Å². The summed E-state index contributed by atoms with van der Waals surface area (Å²) in [5, 5.41) is 0. The minimum Gasteiger partial charge on any atom is -0.424 e. The molecule has 0 N–H and O–H groups in total. The highest BCUT2D eigenvalue weighted by Gasteiger charge is 2.34. The summed E-state index contributed by atoms with van der Waals surface area (Å²) in [6, 6.07) is 0. The minimum atomic E-state index is -0.197. The summed E-state index contributed by atoms with van der Waals surface area (Å²) < 4.78 is 10.5. The fourth-order valence-corrected chi connectivity index (χ4v) is 2.36. The molecule has 2 unspecified atom stereocenters. The topological polar surface area (TPSA) is 18.5 Å². The lowest BCUT2D eigenvalue weighted by molar-refractivity contribution is 0.317. The zero-order valence-electron chi connectivity index (χ0n) is 10.8. The molecule has 0 radical (unpaired) electrons. The van der Waals surface area contributed by atoms with Gasteiger partial charge in [0.05, 0.1) is 0 Å². The molecule has 1 fully saturated rings. The van der Waals surface area contributed by atoms with Crippen LogP contribution in [0, 0.1) is 23.7 Å². The van der Waals surface area contributed by atoms with Gasteiger partial charge in [0.15, 0.2) is 9.76 Å². The number of hydrogen-bond acceptors (Lipinski definition) is 2. The molecule has 0 saturated heterocycles. The normalized spacial score (nSPS) is 25.1. The van der Waals surface area contributed by atoms with E-state index in [1.807, 2.05) is 13.0 Å². The van der Waals surface area contributed by atoms with E-state index in [2.05, 4.69) is 33.9 Å². The Labute approximate surface area is 110 Å². The molecule has 0 aliphatic heterocycles. The molecular formula is C13H23O2PSi. The molecule has 4 heteroatoms. The number of rotatable bonds is 7. The predicted octanol–water partition coefficient (Wildman–Crippen LogP) is 2.31. The minimum absolute atomic E-state index is 0.00585. The van der Waals surface area contributed by atoms with Crippen LogP contribution in [0.5, 0.6) is 0 Å². The fourth-order valence-electron chi connectivity index (χ4n) is 1.83. The molecule has 2 nitrogen and oxygen atoms in total. The van der Waals surface area contributed by atoms with E-state index in [0.29, 0.717) is 0 Å². The highest BCUT2D eigenvalue weighted by Crippen LogP contribution is 2.43. The van der Waals surface area contributed by atoms with Gasteiger partial charge in [-0.1, -0.05) is 24.5 Å². The zero-order valence-corrected chi connectivity index (χ0v) is 13.4. The summed E-state index contributed by atoms with van der Waals surface area (Å²) in [4.78, 5) is 0.